The number of nitrogens with one attached hydrogen (secondary N) is 1. The third-order valence-corrected chi connectivity index (χ3v) is 4.38. The van der Waals surface area contributed by atoms with Crippen molar-refractivity contribution >= 4 is 11.8 Å². The van der Waals surface area contributed by atoms with Gasteiger partial charge in [-0.3, -0.25) is 0 Å². The molecule has 1 atom stereocenters. The van der Waals surface area contributed by atoms with Gasteiger partial charge in [-0.05, 0) is 43.7 Å². The van der Waals surface area contributed by atoms with E-state index < -0.39 is 0 Å². The second-order valence-corrected chi connectivity index (χ2v) is 5.62. The molecule has 0 aliphatic carbocycles. The SMILES string of the molecule is CCNC1CCOC2(CCSCC2)C1. The molecule has 2 aliphatic rings. The van der Waals surface area contributed by atoms with Crippen molar-refractivity contribution in [2.75, 3.05) is 24.7 Å². The van der Waals surface area contributed by atoms with Crippen molar-refractivity contribution in [1.82, 2.24) is 5.32 Å². The van der Waals surface area contributed by atoms with Gasteiger partial charge in [0.05, 0.1) is 5.60 Å². The largest absolute Gasteiger partial charge is 0.375 e. The molecule has 2 saturated heterocycles. The van der Waals surface area contributed by atoms with Gasteiger partial charge in [0.15, 0.2) is 0 Å². The van der Waals surface area contributed by atoms with Gasteiger partial charge in [-0.15, -0.1) is 0 Å². The van der Waals surface area contributed by atoms with Gasteiger partial charge in [0, 0.05) is 12.6 Å². The molecule has 2 fully saturated rings. The van der Waals surface area contributed by atoms with Crippen molar-refractivity contribution in [1.29, 1.82) is 0 Å². The van der Waals surface area contributed by atoms with E-state index in [0.29, 0.717) is 6.04 Å². The zero-order valence-corrected chi connectivity index (χ0v) is 9.87. The van der Waals surface area contributed by atoms with Gasteiger partial charge in [0.2, 0.25) is 0 Å². The summed E-state index contributed by atoms with van der Waals surface area (Å²) in [5, 5.41) is 3.57. The zero-order valence-electron chi connectivity index (χ0n) is 9.05. The van der Waals surface area contributed by atoms with E-state index in [1.54, 1.807) is 0 Å². The fraction of sp³-hybridized carbons (Fsp3) is 1.00. The Balaban J connectivity index is 1.91. The summed E-state index contributed by atoms with van der Waals surface area (Å²) in [6.07, 6.45) is 4.96. The normalized spacial score (nSPS) is 31.9. The average molecular weight is 215 g/mol. The fourth-order valence-corrected chi connectivity index (χ4v) is 3.82. The van der Waals surface area contributed by atoms with Gasteiger partial charge >= 0.3 is 0 Å². The molecule has 1 spiro atoms. The van der Waals surface area contributed by atoms with E-state index in [4.69, 9.17) is 4.74 Å². The summed E-state index contributed by atoms with van der Waals surface area (Å²) in [5.74, 6) is 2.58. The first kappa shape index (κ1) is 10.8. The molecular formula is C11H21NOS. The summed E-state index contributed by atoms with van der Waals surface area (Å²) in [6.45, 7) is 4.25. The van der Waals surface area contributed by atoms with Crippen LogP contribution in [0.4, 0.5) is 0 Å². The van der Waals surface area contributed by atoms with Crippen molar-refractivity contribution in [2.45, 2.75) is 44.2 Å². The predicted octanol–water partition coefficient (Wildman–Crippen LogP) is 2.04. The van der Waals surface area contributed by atoms with E-state index in [0.717, 1.165) is 13.2 Å². The third-order valence-electron chi connectivity index (χ3n) is 3.39. The lowest BCUT2D eigenvalue weighted by molar-refractivity contribution is -0.0929. The lowest BCUT2D eigenvalue weighted by Crippen LogP contribution is -2.48. The van der Waals surface area contributed by atoms with Gasteiger partial charge in [-0.25, -0.2) is 0 Å². The van der Waals surface area contributed by atoms with Crippen molar-refractivity contribution in [3.63, 3.8) is 0 Å². The van der Waals surface area contributed by atoms with Gasteiger partial charge in [0.25, 0.3) is 0 Å². The van der Waals surface area contributed by atoms with Crippen LogP contribution in [-0.2, 0) is 4.74 Å². The highest BCUT2D eigenvalue weighted by Gasteiger charge is 2.38. The van der Waals surface area contributed by atoms with E-state index >= 15 is 0 Å². The third kappa shape index (κ3) is 2.44. The molecular weight excluding hydrogens is 194 g/mol. The number of hydrogen-bond acceptors (Lipinski definition) is 3. The molecule has 0 radical (unpaired) electrons. The molecule has 0 aromatic carbocycles. The summed E-state index contributed by atoms with van der Waals surface area (Å²) >= 11 is 2.08. The molecule has 14 heavy (non-hydrogen) atoms. The Kier molecular flexibility index (Phi) is 3.74. The first-order valence-corrected chi connectivity index (χ1v) is 6.95. The standard InChI is InChI=1S/C11H21NOS/c1-2-12-10-3-6-13-11(9-10)4-7-14-8-5-11/h10,12H,2-9H2,1H3. The van der Waals surface area contributed by atoms with Crippen LogP contribution >= 0.6 is 11.8 Å². The minimum absolute atomic E-state index is 0.246. The molecule has 2 heterocycles. The van der Waals surface area contributed by atoms with Crippen molar-refractivity contribution in [3.05, 3.63) is 0 Å². The fourth-order valence-electron chi connectivity index (χ4n) is 2.58. The topological polar surface area (TPSA) is 21.3 Å². The minimum atomic E-state index is 0.246. The molecule has 3 heteroatoms. The van der Waals surface area contributed by atoms with Gasteiger partial charge < -0.3 is 10.1 Å². The Morgan fingerprint density at radius 2 is 2.21 bits per heavy atom. The zero-order chi connectivity index (χ0) is 9.86. The van der Waals surface area contributed by atoms with Gasteiger partial charge in [0.1, 0.15) is 0 Å². The Labute approximate surface area is 91.2 Å². The van der Waals surface area contributed by atoms with E-state index in [1.165, 1.54) is 37.2 Å². The molecule has 1 N–H and O–H groups in total. The first-order valence-electron chi connectivity index (χ1n) is 5.80. The molecule has 0 aromatic heterocycles. The second kappa shape index (κ2) is 4.86. The quantitative estimate of drug-likeness (QED) is 0.761. The van der Waals surface area contributed by atoms with Crippen molar-refractivity contribution in [2.24, 2.45) is 0 Å². The van der Waals surface area contributed by atoms with Crippen LogP contribution in [0.1, 0.15) is 32.6 Å². The maximum absolute atomic E-state index is 6.03. The van der Waals surface area contributed by atoms with E-state index in [-0.39, 0.29) is 5.60 Å². The highest BCUT2D eigenvalue weighted by Crippen LogP contribution is 2.37. The van der Waals surface area contributed by atoms with Crippen molar-refractivity contribution < 1.29 is 4.74 Å². The maximum atomic E-state index is 6.03. The van der Waals surface area contributed by atoms with Crippen LogP contribution in [0.15, 0.2) is 0 Å². The Bertz CT molecular complexity index is 173. The molecule has 2 aliphatic heterocycles. The second-order valence-electron chi connectivity index (χ2n) is 4.39. The number of hydrogen-bond donors (Lipinski definition) is 1. The van der Waals surface area contributed by atoms with Crippen LogP contribution in [0.3, 0.4) is 0 Å². The molecule has 82 valence electrons. The molecule has 2 nitrogen and oxygen atoms in total. The minimum Gasteiger partial charge on any atom is -0.375 e. The highest BCUT2D eigenvalue weighted by atomic mass is 32.2. The molecule has 2 rings (SSSR count). The Morgan fingerprint density at radius 1 is 1.43 bits per heavy atom. The van der Waals surface area contributed by atoms with E-state index in [2.05, 4.69) is 24.0 Å². The monoisotopic (exact) mass is 215 g/mol. The Hall–Kier alpha value is 0.270. The van der Waals surface area contributed by atoms with E-state index in [9.17, 15) is 0 Å². The number of thioether (sulfide) groups is 1. The maximum Gasteiger partial charge on any atom is 0.0713 e. The number of rotatable bonds is 2. The van der Waals surface area contributed by atoms with Gasteiger partial charge in [-0.1, -0.05) is 6.92 Å². The summed E-state index contributed by atoms with van der Waals surface area (Å²) in [6, 6.07) is 0.705. The summed E-state index contributed by atoms with van der Waals surface area (Å²) in [5.41, 5.74) is 0.246. The van der Waals surface area contributed by atoms with Crippen LogP contribution in [0.25, 0.3) is 0 Å². The molecule has 0 amide bonds. The summed E-state index contributed by atoms with van der Waals surface area (Å²) in [7, 11) is 0. The van der Waals surface area contributed by atoms with Crippen LogP contribution in [0.5, 0.6) is 0 Å². The van der Waals surface area contributed by atoms with Crippen LogP contribution < -0.4 is 5.32 Å². The van der Waals surface area contributed by atoms with Crippen LogP contribution in [0.2, 0.25) is 0 Å². The predicted molar refractivity (Wildman–Crippen MR) is 61.9 cm³/mol. The lowest BCUT2D eigenvalue weighted by atomic mass is 9.85. The van der Waals surface area contributed by atoms with Crippen LogP contribution in [0, 0.1) is 0 Å². The molecule has 0 aromatic rings. The lowest BCUT2D eigenvalue weighted by Gasteiger charge is -2.43. The number of ether oxygens (including phenoxy) is 1. The first-order chi connectivity index (χ1) is 6.85. The molecule has 0 bridgehead atoms. The molecule has 0 saturated carbocycles. The van der Waals surface area contributed by atoms with Crippen LogP contribution in [-0.4, -0.2) is 36.3 Å². The average Bonchev–Trinajstić information content (AvgIpc) is 2.19. The van der Waals surface area contributed by atoms with Crippen molar-refractivity contribution in [3.8, 4) is 0 Å². The summed E-state index contributed by atoms with van der Waals surface area (Å²) in [4.78, 5) is 0. The van der Waals surface area contributed by atoms with E-state index in [1.807, 2.05) is 0 Å². The Morgan fingerprint density at radius 3 is 2.93 bits per heavy atom. The van der Waals surface area contributed by atoms with Gasteiger partial charge in [-0.2, -0.15) is 11.8 Å². The molecule has 1 unspecified atom stereocenters. The highest BCUT2D eigenvalue weighted by molar-refractivity contribution is 7.99. The summed E-state index contributed by atoms with van der Waals surface area (Å²) < 4.78 is 6.03. The smallest absolute Gasteiger partial charge is 0.0713 e.